The summed E-state index contributed by atoms with van der Waals surface area (Å²) >= 11 is 0. The van der Waals surface area contributed by atoms with Gasteiger partial charge in [-0.05, 0) is 24.1 Å². The highest BCUT2D eigenvalue weighted by atomic mass is 16.7. The van der Waals surface area contributed by atoms with Gasteiger partial charge in [0.1, 0.15) is 0 Å². The molecule has 0 amide bonds. The van der Waals surface area contributed by atoms with E-state index in [1.165, 1.54) is 6.07 Å². The molecule has 6 nitrogen and oxygen atoms in total. The van der Waals surface area contributed by atoms with Crippen LogP contribution < -0.4 is 15.2 Å². The van der Waals surface area contributed by atoms with Crippen LogP contribution in [0.2, 0.25) is 0 Å². The van der Waals surface area contributed by atoms with E-state index in [9.17, 15) is 10.1 Å². The van der Waals surface area contributed by atoms with E-state index in [4.69, 9.17) is 15.2 Å². The maximum atomic E-state index is 11.0. The summed E-state index contributed by atoms with van der Waals surface area (Å²) in [6.45, 7) is 0.207. The predicted molar refractivity (Wildman–Crippen MR) is 76.3 cm³/mol. The Kier molecular flexibility index (Phi) is 3.45. The van der Waals surface area contributed by atoms with Gasteiger partial charge in [-0.3, -0.25) is 10.1 Å². The van der Waals surface area contributed by atoms with Gasteiger partial charge in [0.15, 0.2) is 11.5 Å². The third-order valence-corrected chi connectivity index (χ3v) is 3.45. The second-order valence-electron chi connectivity index (χ2n) is 4.81. The monoisotopic (exact) mass is 286 g/mol. The number of nitrogens with zero attached hydrogens (tertiary/aromatic N) is 1. The third-order valence-electron chi connectivity index (χ3n) is 3.45. The molecule has 2 N–H and O–H groups in total. The lowest BCUT2D eigenvalue weighted by molar-refractivity contribution is -0.385. The first-order valence-electron chi connectivity index (χ1n) is 6.52. The van der Waals surface area contributed by atoms with Crippen LogP contribution >= 0.6 is 0 Å². The summed E-state index contributed by atoms with van der Waals surface area (Å²) in [6.07, 6.45) is 0.386. The molecule has 0 saturated carbocycles. The van der Waals surface area contributed by atoms with Crippen molar-refractivity contribution in [3.05, 3.63) is 63.7 Å². The fourth-order valence-corrected chi connectivity index (χ4v) is 2.36. The Morgan fingerprint density at radius 1 is 1.19 bits per heavy atom. The molecule has 2 aromatic carbocycles. The molecule has 0 fully saturated rings. The van der Waals surface area contributed by atoms with E-state index in [1.807, 2.05) is 12.1 Å². The van der Waals surface area contributed by atoms with Crippen LogP contribution in [-0.4, -0.2) is 11.7 Å². The molecule has 21 heavy (non-hydrogen) atoms. The summed E-state index contributed by atoms with van der Waals surface area (Å²) in [5.74, 6) is 1.35. The smallest absolute Gasteiger partial charge is 0.272 e. The molecular formula is C15H14N2O4. The number of hydrogen-bond acceptors (Lipinski definition) is 5. The van der Waals surface area contributed by atoms with Crippen LogP contribution in [0.3, 0.4) is 0 Å². The maximum absolute atomic E-state index is 11.0. The molecule has 0 saturated heterocycles. The molecule has 3 rings (SSSR count). The van der Waals surface area contributed by atoms with Crippen LogP contribution in [0.4, 0.5) is 5.69 Å². The van der Waals surface area contributed by atoms with Gasteiger partial charge in [0.25, 0.3) is 5.69 Å². The fourth-order valence-electron chi connectivity index (χ4n) is 2.36. The molecule has 1 atom stereocenters. The molecule has 0 bridgehead atoms. The minimum atomic E-state index is -0.387. The predicted octanol–water partition coefficient (Wildman–Crippen LogP) is 2.57. The van der Waals surface area contributed by atoms with Crippen molar-refractivity contribution in [2.75, 3.05) is 6.79 Å². The lowest BCUT2D eigenvalue weighted by Crippen LogP contribution is -2.14. The van der Waals surface area contributed by atoms with Crippen molar-refractivity contribution >= 4 is 5.69 Å². The number of fused-ring (bicyclic) bond motifs is 1. The quantitative estimate of drug-likeness (QED) is 0.689. The molecule has 1 unspecified atom stereocenters. The normalized spacial score (nSPS) is 14.0. The SMILES string of the molecule is NC(Cc1ccccc1[N+](=O)[O-])c1ccc2c(c1)OCO2. The Hall–Kier alpha value is -2.60. The second kappa shape index (κ2) is 5.41. The molecule has 1 aliphatic rings. The number of nitrogens with two attached hydrogens (primary N) is 1. The van der Waals surface area contributed by atoms with Gasteiger partial charge in [0.2, 0.25) is 6.79 Å². The van der Waals surface area contributed by atoms with E-state index >= 15 is 0 Å². The second-order valence-corrected chi connectivity index (χ2v) is 4.81. The third kappa shape index (κ3) is 2.66. The van der Waals surface area contributed by atoms with Gasteiger partial charge in [-0.25, -0.2) is 0 Å². The first-order chi connectivity index (χ1) is 10.1. The molecule has 0 aromatic heterocycles. The minimum absolute atomic E-state index is 0.0914. The van der Waals surface area contributed by atoms with Crippen molar-refractivity contribution < 1.29 is 14.4 Å². The Labute approximate surface area is 121 Å². The van der Waals surface area contributed by atoms with Crippen LogP contribution in [0.25, 0.3) is 0 Å². The Balaban J connectivity index is 1.83. The molecule has 0 spiro atoms. The number of nitro benzene ring substituents is 1. The summed E-state index contributed by atoms with van der Waals surface area (Å²) in [5, 5.41) is 11.0. The zero-order valence-corrected chi connectivity index (χ0v) is 11.2. The molecule has 1 aliphatic heterocycles. The summed E-state index contributed by atoms with van der Waals surface area (Å²) in [6, 6.07) is 11.8. The van der Waals surface area contributed by atoms with Crippen molar-refractivity contribution in [3.63, 3.8) is 0 Å². The Morgan fingerprint density at radius 3 is 2.76 bits per heavy atom. The molecule has 0 aliphatic carbocycles. The van der Waals surface area contributed by atoms with E-state index in [0.717, 1.165) is 5.56 Å². The van der Waals surface area contributed by atoms with Gasteiger partial charge in [0.05, 0.1) is 4.92 Å². The number of rotatable bonds is 4. The lowest BCUT2D eigenvalue weighted by atomic mass is 9.98. The molecule has 1 heterocycles. The Morgan fingerprint density at radius 2 is 1.95 bits per heavy atom. The molecule has 0 radical (unpaired) electrons. The number of para-hydroxylation sites is 1. The minimum Gasteiger partial charge on any atom is -0.454 e. The molecule has 108 valence electrons. The van der Waals surface area contributed by atoms with Gasteiger partial charge in [0, 0.05) is 17.7 Å². The largest absolute Gasteiger partial charge is 0.454 e. The van der Waals surface area contributed by atoms with E-state index in [2.05, 4.69) is 0 Å². The van der Waals surface area contributed by atoms with Crippen molar-refractivity contribution in [1.82, 2.24) is 0 Å². The van der Waals surface area contributed by atoms with Crippen LogP contribution in [0, 0.1) is 10.1 Å². The maximum Gasteiger partial charge on any atom is 0.272 e. The van der Waals surface area contributed by atoms with Crippen LogP contribution in [-0.2, 0) is 6.42 Å². The molecule has 2 aromatic rings. The van der Waals surface area contributed by atoms with E-state index < -0.39 is 0 Å². The number of hydrogen-bond donors (Lipinski definition) is 1. The average molecular weight is 286 g/mol. The van der Waals surface area contributed by atoms with Crippen molar-refractivity contribution in [2.45, 2.75) is 12.5 Å². The van der Waals surface area contributed by atoms with Crippen LogP contribution in [0.5, 0.6) is 11.5 Å². The Bertz CT molecular complexity index is 687. The van der Waals surface area contributed by atoms with Crippen molar-refractivity contribution in [3.8, 4) is 11.5 Å². The van der Waals surface area contributed by atoms with E-state index in [1.54, 1.807) is 24.3 Å². The van der Waals surface area contributed by atoms with Crippen LogP contribution in [0.15, 0.2) is 42.5 Å². The van der Waals surface area contributed by atoms with E-state index in [-0.39, 0.29) is 23.4 Å². The standard InChI is InChI=1S/C15H14N2O4/c16-12(7-11-3-1-2-4-13(11)17(18)19)10-5-6-14-15(8-10)21-9-20-14/h1-6,8,12H,7,9,16H2. The first kappa shape index (κ1) is 13.4. The highest BCUT2D eigenvalue weighted by Gasteiger charge is 2.19. The highest BCUT2D eigenvalue weighted by molar-refractivity contribution is 5.46. The number of ether oxygens (including phenoxy) is 2. The van der Waals surface area contributed by atoms with Crippen molar-refractivity contribution in [2.24, 2.45) is 5.73 Å². The van der Waals surface area contributed by atoms with Gasteiger partial charge in [-0.15, -0.1) is 0 Å². The summed E-state index contributed by atoms with van der Waals surface area (Å²) in [7, 11) is 0. The van der Waals surface area contributed by atoms with Crippen LogP contribution in [0.1, 0.15) is 17.2 Å². The summed E-state index contributed by atoms with van der Waals surface area (Å²) in [5.41, 5.74) is 7.74. The van der Waals surface area contributed by atoms with Crippen molar-refractivity contribution in [1.29, 1.82) is 0 Å². The van der Waals surface area contributed by atoms with Gasteiger partial charge >= 0.3 is 0 Å². The van der Waals surface area contributed by atoms with Gasteiger partial charge < -0.3 is 15.2 Å². The van der Waals surface area contributed by atoms with Gasteiger partial charge in [-0.1, -0.05) is 24.3 Å². The van der Waals surface area contributed by atoms with E-state index in [0.29, 0.717) is 23.5 Å². The zero-order valence-electron chi connectivity index (χ0n) is 11.2. The lowest BCUT2D eigenvalue weighted by Gasteiger charge is -2.13. The molecular weight excluding hydrogens is 272 g/mol. The van der Waals surface area contributed by atoms with Gasteiger partial charge in [-0.2, -0.15) is 0 Å². The number of benzene rings is 2. The highest BCUT2D eigenvalue weighted by Crippen LogP contribution is 2.34. The average Bonchev–Trinajstić information content (AvgIpc) is 2.94. The summed E-state index contributed by atoms with van der Waals surface area (Å²) < 4.78 is 10.6. The zero-order chi connectivity index (χ0) is 14.8. The number of nitro groups is 1. The fraction of sp³-hybridized carbons (Fsp3) is 0.200. The summed E-state index contributed by atoms with van der Waals surface area (Å²) in [4.78, 5) is 10.6. The first-order valence-corrected chi connectivity index (χ1v) is 6.52. The topological polar surface area (TPSA) is 87.6 Å². The molecule has 6 heteroatoms.